The third-order valence-corrected chi connectivity index (χ3v) is 1.64. The monoisotopic (exact) mass is 205 g/mol. The van der Waals surface area contributed by atoms with Gasteiger partial charge in [-0.3, -0.25) is 4.68 Å². The molecule has 80 valence electrons. The van der Waals surface area contributed by atoms with Crippen LogP contribution in [0.3, 0.4) is 0 Å². The van der Waals surface area contributed by atoms with Crippen LogP contribution in [0.25, 0.3) is 0 Å². The molecule has 1 rings (SSSR count). The number of nitrogens with zero attached hydrogens (tertiary/aromatic N) is 2. The Kier molecular flexibility index (Phi) is 4.48. The summed E-state index contributed by atoms with van der Waals surface area (Å²) in [6, 6.07) is 1.74. The Morgan fingerprint density at radius 2 is 2.21 bits per heavy atom. The molecule has 1 heterocycles. The molecule has 0 fully saturated rings. The van der Waals surface area contributed by atoms with Crippen molar-refractivity contribution in [2.45, 2.75) is 19.1 Å². The zero-order valence-corrected chi connectivity index (χ0v) is 7.61. The van der Waals surface area contributed by atoms with Gasteiger partial charge in [0.25, 0.3) is 6.43 Å². The topological polar surface area (TPSA) is 50.1 Å². The smallest absolute Gasteiger partial charge is 0.250 e. The van der Waals surface area contributed by atoms with Crippen LogP contribution < -0.4 is 5.32 Å². The van der Waals surface area contributed by atoms with Crippen molar-refractivity contribution in [1.82, 2.24) is 15.1 Å². The third kappa shape index (κ3) is 4.29. The van der Waals surface area contributed by atoms with Crippen molar-refractivity contribution >= 4 is 0 Å². The Morgan fingerprint density at radius 3 is 2.79 bits per heavy atom. The quantitative estimate of drug-likeness (QED) is 0.692. The maximum atomic E-state index is 11.7. The standard InChI is InChI=1S/C8H13F2N3O/c9-8(10)5-11-4-7(14)6-13-3-1-2-12-13/h1-3,7-8,11,14H,4-6H2. The minimum atomic E-state index is -2.38. The van der Waals surface area contributed by atoms with Crippen molar-refractivity contribution in [3.63, 3.8) is 0 Å². The van der Waals surface area contributed by atoms with Crippen molar-refractivity contribution in [3.8, 4) is 0 Å². The largest absolute Gasteiger partial charge is 0.390 e. The third-order valence-electron chi connectivity index (χ3n) is 1.64. The molecular formula is C8H13F2N3O. The van der Waals surface area contributed by atoms with Gasteiger partial charge in [0.2, 0.25) is 0 Å². The molecule has 0 amide bonds. The molecule has 0 radical (unpaired) electrons. The first-order valence-electron chi connectivity index (χ1n) is 4.33. The fraction of sp³-hybridized carbons (Fsp3) is 0.625. The molecule has 0 aliphatic carbocycles. The molecular weight excluding hydrogens is 192 g/mol. The highest BCUT2D eigenvalue weighted by atomic mass is 19.3. The lowest BCUT2D eigenvalue weighted by atomic mass is 10.3. The summed E-state index contributed by atoms with van der Waals surface area (Å²) in [6.45, 7) is 0.0591. The average Bonchev–Trinajstić information content (AvgIpc) is 2.56. The van der Waals surface area contributed by atoms with Crippen molar-refractivity contribution < 1.29 is 13.9 Å². The van der Waals surface area contributed by atoms with Crippen LogP contribution in [0.2, 0.25) is 0 Å². The first-order valence-corrected chi connectivity index (χ1v) is 4.33. The summed E-state index contributed by atoms with van der Waals surface area (Å²) < 4.78 is 25.0. The molecule has 1 aromatic heterocycles. The van der Waals surface area contributed by atoms with Crippen LogP contribution in [0.1, 0.15) is 0 Å². The number of aliphatic hydroxyl groups excluding tert-OH is 1. The predicted molar refractivity (Wildman–Crippen MR) is 47.1 cm³/mol. The molecule has 0 aliphatic rings. The highest BCUT2D eigenvalue weighted by Crippen LogP contribution is 1.91. The highest BCUT2D eigenvalue weighted by molar-refractivity contribution is 4.78. The Morgan fingerprint density at radius 1 is 1.43 bits per heavy atom. The number of hydrogen-bond donors (Lipinski definition) is 2. The Balaban J connectivity index is 2.13. The molecule has 0 aliphatic heterocycles. The lowest BCUT2D eigenvalue weighted by molar-refractivity contribution is 0.119. The van der Waals surface area contributed by atoms with Gasteiger partial charge >= 0.3 is 0 Å². The normalized spacial score (nSPS) is 13.4. The van der Waals surface area contributed by atoms with E-state index in [0.717, 1.165) is 0 Å². The SMILES string of the molecule is OC(CNCC(F)F)Cn1cccn1. The summed E-state index contributed by atoms with van der Waals surface area (Å²) >= 11 is 0. The minimum Gasteiger partial charge on any atom is -0.390 e. The molecule has 2 N–H and O–H groups in total. The molecule has 0 saturated heterocycles. The van der Waals surface area contributed by atoms with E-state index in [4.69, 9.17) is 0 Å². The van der Waals surface area contributed by atoms with E-state index < -0.39 is 19.1 Å². The molecule has 1 unspecified atom stereocenters. The van der Waals surface area contributed by atoms with Crippen molar-refractivity contribution in [3.05, 3.63) is 18.5 Å². The van der Waals surface area contributed by atoms with Crippen molar-refractivity contribution in [2.75, 3.05) is 13.1 Å². The number of alkyl halides is 2. The number of rotatable bonds is 6. The van der Waals surface area contributed by atoms with E-state index in [1.54, 1.807) is 23.1 Å². The van der Waals surface area contributed by atoms with Gasteiger partial charge in [-0.1, -0.05) is 0 Å². The van der Waals surface area contributed by atoms with Crippen molar-refractivity contribution in [1.29, 1.82) is 0 Å². The summed E-state index contributed by atoms with van der Waals surface area (Å²) in [5.41, 5.74) is 0. The van der Waals surface area contributed by atoms with Crippen LogP contribution in [0.4, 0.5) is 8.78 Å². The molecule has 0 aromatic carbocycles. The second kappa shape index (κ2) is 5.66. The average molecular weight is 205 g/mol. The van der Waals surface area contributed by atoms with Crippen molar-refractivity contribution in [2.24, 2.45) is 0 Å². The summed E-state index contributed by atoms with van der Waals surface area (Å²) in [7, 11) is 0. The van der Waals surface area contributed by atoms with E-state index in [1.165, 1.54) is 0 Å². The fourth-order valence-electron chi connectivity index (χ4n) is 1.05. The Hall–Kier alpha value is -1.01. The molecule has 0 spiro atoms. The molecule has 1 aromatic rings. The van der Waals surface area contributed by atoms with Gasteiger partial charge in [-0.2, -0.15) is 5.10 Å². The molecule has 0 bridgehead atoms. The maximum Gasteiger partial charge on any atom is 0.250 e. The van der Waals surface area contributed by atoms with Gasteiger partial charge in [0.05, 0.1) is 19.2 Å². The number of aromatic nitrogens is 2. The first-order chi connectivity index (χ1) is 6.68. The highest BCUT2D eigenvalue weighted by Gasteiger charge is 2.06. The van der Waals surface area contributed by atoms with Gasteiger partial charge in [0, 0.05) is 18.9 Å². The number of aliphatic hydroxyl groups is 1. The van der Waals surface area contributed by atoms with Crippen LogP contribution in [0.15, 0.2) is 18.5 Å². The Labute approximate surface area is 80.5 Å². The van der Waals surface area contributed by atoms with Gasteiger partial charge in [0.1, 0.15) is 0 Å². The van der Waals surface area contributed by atoms with Gasteiger partial charge in [-0.25, -0.2) is 8.78 Å². The molecule has 0 saturated carbocycles. The van der Waals surface area contributed by atoms with Crippen LogP contribution >= 0.6 is 0 Å². The van der Waals surface area contributed by atoms with E-state index in [2.05, 4.69) is 10.4 Å². The second-order valence-electron chi connectivity index (χ2n) is 2.93. The summed E-state index contributed by atoms with van der Waals surface area (Å²) in [5.74, 6) is 0. The van der Waals surface area contributed by atoms with E-state index in [9.17, 15) is 13.9 Å². The van der Waals surface area contributed by atoms with Gasteiger partial charge in [-0.05, 0) is 6.07 Å². The molecule has 6 heteroatoms. The van der Waals surface area contributed by atoms with Crippen LogP contribution in [-0.2, 0) is 6.54 Å². The summed E-state index contributed by atoms with van der Waals surface area (Å²) in [4.78, 5) is 0. The molecule has 14 heavy (non-hydrogen) atoms. The van der Waals surface area contributed by atoms with Crippen LogP contribution in [0, 0.1) is 0 Å². The Bertz CT molecular complexity index is 241. The summed E-state index contributed by atoms with van der Waals surface area (Å²) in [5, 5.41) is 15.7. The van der Waals surface area contributed by atoms with E-state index in [0.29, 0.717) is 6.54 Å². The van der Waals surface area contributed by atoms with E-state index in [1.807, 2.05) is 0 Å². The van der Waals surface area contributed by atoms with E-state index in [-0.39, 0.29) is 6.54 Å². The molecule has 4 nitrogen and oxygen atoms in total. The lowest BCUT2D eigenvalue weighted by Gasteiger charge is -2.11. The van der Waals surface area contributed by atoms with Gasteiger partial charge in [-0.15, -0.1) is 0 Å². The zero-order chi connectivity index (χ0) is 10.4. The number of nitrogens with one attached hydrogen (secondary N) is 1. The van der Waals surface area contributed by atoms with Gasteiger partial charge < -0.3 is 10.4 Å². The van der Waals surface area contributed by atoms with E-state index >= 15 is 0 Å². The van der Waals surface area contributed by atoms with Gasteiger partial charge in [0.15, 0.2) is 0 Å². The first kappa shape index (κ1) is 11.1. The number of hydrogen-bond acceptors (Lipinski definition) is 3. The lowest BCUT2D eigenvalue weighted by Crippen LogP contribution is -2.33. The fourth-order valence-corrected chi connectivity index (χ4v) is 1.05. The zero-order valence-electron chi connectivity index (χ0n) is 7.61. The second-order valence-corrected chi connectivity index (χ2v) is 2.93. The number of halogens is 2. The van der Waals surface area contributed by atoms with Crippen LogP contribution in [-0.4, -0.2) is 40.5 Å². The summed E-state index contributed by atoms with van der Waals surface area (Å²) in [6.07, 6.45) is 0.218. The maximum absolute atomic E-state index is 11.7. The molecule has 1 atom stereocenters. The van der Waals surface area contributed by atoms with Crippen LogP contribution in [0.5, 0.6) is 0 Å². The minimum absolute atomic E-state index is 0.143. The predicted octanol–water partition coefficient (Wildman–Crippen LogP) is 0.0987.